The number of Topliss-reactive ketones (excluding diaryl/α,β-unsaturated/α-hetero) is 1. The first-order valence-corrected chi connectivity index (χ1v) is 7.99. The largest absolute Gasteiger partial charge is 0.411 e. The molecule has 1 atom stereocenters. The molecule has 0 aliphatic heterocycles. The molecule has 8 heteroatoms. The molecule has 0 aliphatic rings. The van der Waals surface area contributed by atoms with Gasteiger partial charge in [-0.15, -0.1) is 10.2 Å². The minimum absolute atomic E-state index is 0.00599. The van der Waals surface area contributed by atoms with Crippen LogP contribution in [-0.4, -0.2) is 27.4 Å². The normalized spacial score (nSPS) is 11.7. The highest BCUT2D eigenvalue weighted by Gasteiger charge is 2.21. The van der Waals surface area contributed by atoms with Crippen molar-refractivity contribution in [3.8, 4) is 17.5 Å². The Labute approximate surface area is 139 Å². The number of benzene rings is 1. The average molecular weight is 379 g/mol. The van der Waals surface area contributed by atoms with Gasteiger partial charge in [0, 0.05) is 10.2 Å². The van der Waals surface area contributed by atoms with Gasteiger partial charge in [-0.3, -0.25) is 4.79 Å². The molecule has 0 fully saturated rings. The number of carbonyl (C=O) groups excluding carboxylic acids is 1. The number of nitrogens with one attached hydrogen (secondary N) is 1. The van der Waals surface area contributed by atoms with Crippen molar-refractivity contribution in [3.63, 3.8) is 0 Å². The Bertz CT molecular complexity index is 753. The van der Waals surface area contributed by atoms with E-state index in [1.165, 1.54) is 6.92 Å². The molecular formula is C14H11BrN4O2S. The molecule has 0 radical (unpaired) electrons. The summed E-state index contributed by atoms with van der Waals surface area (Å²) < 4.78 is 6.33. The van der Waals surface area contributed by atoms with Crippen molar-refractivity contribution in [2.24, 2.45) is 5.92 Å². The lowest BCUT2D eigenvalue weighted by Crippen LogP contribution is -2.21. The summed E-state index contributed by atoms with van der Waals surface area (Å²) in [5.74, 6) is -1.01. The summed E-state index contributed by atoms with van der Waals surface area (Å²) in [7, 11) is 0. The van der Waals surface area contributed by atoms with Crippen molar-refractivity contribution in [2.75, 3.05) is 5.75 Å². The van der Waals surface area contributed by atoms with E-state index in [2.05, 4.69) is 26.1 Å². The van der Waals surface area contributed by atoms with E-state index in [4.69, 9.17) is 15.1 Å². The molecule has 0 bridgehead atoms. The Kier molecular flexibility index (Phi) is 5.46. The van der Waals surface area contributed by atoms with Crippen LogP contribution < -0.4 is 0 Å². The molecular weight excluding hydrogens is 368 g/mol. The fraction of sp³-hybridized carbons (Fsp3) is 0.214. The van der Waals surface area contributed by atoms with Crippen molar-refractivity contribution in [2.45, 2.75) is 12.1 Å². The molecule has 6 nitrogen and oxygen atoms in total. The van der Waals surface area contributed by atoms with Crippen LogP contribution in [0.2, 0.25) is 0 Å². The Balaban J connectivity index is 2.05. The van der Waals surface area contributed by atoms with E-state index in [9.17, 15) is 4.79 Å². The maximum absolute atomic E-state index is 11.8. The lowest BCUT2D eigenvalue weighted by atomic mass is 10.0. The smallest absolute Gasteiger partial charge is 0.277 e. The lowest BCUT2D eigenvalue weighted by molar-refractivity contribution is -0.117. The predicted molar refractivity (Wildman–Crippen MR) is 85.7 cm³/mol. The SMILES string of the molecule is CC(=N)C(C#N)C(=O)CSc1nnc(-c2ccccc2Br)o1. The van der Waals surface area contributed by atoms with Gasteiger partial charge in [0.1, 0.15) is 5.92 Å². The number of ketones is 1. The van der Waals surface area contributed by atoms with Crippen LogP contribution in [-0.2, 0) is 4.79 Å². The molecule has 1 unspecified atom stereocenters. The molecule has 0 amide bonds. The summed E-state index contributed by atoms with van der Waals surface area (Å²) in [6, 6.07) is 9.24. The fourth-order valence-electron chi connectivity index (χ4n) is 1.64. The number of rotatable bonds is 6. The van der Waals surface area contributed by atoms with Crippen molar-refractivity contribution in [1.82, 2.24) is 10.2 Å². The zero-order chi connectivity index (χ0) is 16.1. The fourth-order valence-corrected chi connectivity index (χ4v) is 2.76. The first-order valence-electron chi connectivity index (χ1n) is 6.21. The Morgan fingerprint density at radius 3 is 2.86 bits per heavy atom. The van der Waals surface area contributed by atoms with Crippen molar-refractivity contribution < 1.29 is 9.21 Å². The van der Waals surface area contributed by atoms with Crippen molar-refractivity contribution in [1.29, 1.82) is 10.7 Å². The first kappa shape index (κ1) is 16.4. The molecule has 0 spiro atoms. The van der Waals surface area contributed by atoms with Gasteiger partial charge >= 0.3 is 0 Å². The molecule has 2 rings (SSSR count). The van der Waals surface area contributed by atoms with Crippen LogP contribution in [0.25, 0.3) is 11.5 Å². The van der Waals surface area contributed by atoms with Gasteiger partial charge in [0.05, 0.1) is 17.4 Å². The second-order valence-corrected chi connectivity index (χ2v) is 6.13. The molecule has 0 aliphatic carbocycles. The quantitative estimate of drug-likeness (QED) is 0.610. The van der Waals surface area contributed by atoms with Crippen LogP contribution in [0.5, 0.6) is 0 Å². The maximum atomic E-state index is 11.8. The summed E-state index contributed by atoms with van der Waals surface area (Å²) in [4.78, 5) is 11.8. The zero-order valence-electron chi connectivity index (χ0n) is 11.5. The minimum Gasteiger partial charge on any atom is -0.411 e. The summed E-state index contributed by atoms with van der Waals surface area (Å²) >= 11 is 4.46. The van der Waals surface area contributed by atoms with Gasteiger partial charge in [0.2, 0.25) is 5.89 Å². The molecule has 2 aromatic rings. The van der Waals surface area contributed by atoms with E-state index in [1.54, 1.807) is 0 Å². The average Bonchev–Trinajstić information content (AvgIpc) is 2.94. The molecule has 112 valence electrons. The second-order valence-electron chi connectivity index (χ2n) is 4.35. The van der Waals surface area contributed by atoms with Gasteiger partial charge < -0.3 is 9.83 Å². The number of hydrogen-bond donors (Lipinski definition) is 1. The molecule has 1 N–H and O–H groups in total. The van der Waals surface area contributed by atoms with Crippen LogP contribution in [0, 0.1) is 22.7 Å². The van der Waals surface area contributed by atoms with Gasteiger partial charge in [-0.05, 0) is 35.0 Å². The summed E-state index contributed by atoms with van der Waals surface area (Å²) in [6.07, 6.45) is 0. The van der Waals surface area contributed by atoms with Crippen LogP contribution in [0.15, 0.2) is 38.4 Å². The molecule has 0 saturated heterocycles. The number of nitriles is 1. The topological polar surface area (TPSA) is 104 Å². The number of hydrogen-bond acceptors (Lipinski definition) is 7. The highest BCUT2D eigenvalue weighted by atomic mass is 79.9. The number of aromatic nitrogens is 2. The Morgan fingerprint density at radius 1 is 1.50 bits per heavy atom. The van der Waals surface area contributed by atoms with E-state index in [0.717, 1.165) is 21.8 Å². The highest BCUT2D eigenvalue weighted by Crippen LogP contribution is 2.29. The van der Waals surface area contributed by atoms with Crippen molar-refractivity contribution in [3.05, 3.63) is 28.7 Å². The predicted octanol–water partition coefficient (Wildman–Crippen LogP) is 3.34. The minimum atomic E-state index is -1.02. The van der Waals surface area contributed by atoms with Crippen LogP contribution in [0.1, 0.15) is 6.92 Å². The third-order valence-electron chi connectivity index (χ3n) is 2.73. The number of halogens is 1. The number of carbonyl (C=O) groups is 1. The van der Waals surface area contributed by atoms with Crippen LogP contribution in [0.3, 0.4) is 0 Å². The van der Waals surface area contributed by atoms with Gasteiger partial charge in [0.25, 0.3) is 5.22 Å². The van der Waals surface area contributed by atoms with Crippen LogP contribution in [0.4, 0.5) is 0 Å². The van der Waals surface area contributed by atoms with E-state index < -0.39 is 5.92 Å². The highest BCUT2D eigenvalue weighted by molar-refractivity contribution is 9.10. The third kappa shape index (κ3) is 3.81. The van der Waals surface area contributed by atoms with E-state index in [1.807, 2.05) is 30.3 Å². The molecule has 1 aromatic heterocycles. The number of thioether (sulfide) groups is 1. The van der Waals surface area contributed by atoms with Gasteiger partial charge in [-0.25, -0.2) is 0 Å². The van der Waals surface area contributed by atoms with Crippen molar-refractivity contribution >= 4 is 39.2 Å². The van der Waals surface area contributed by atoms with Gasteiger partial charge in [0.15, 0.2) is 5.78 Å². The maximum Gasteiger partial charge on any atom is 0.277 e. The summed E-state index contributed by atoms with van der Waals surface area (Å²) in [5, 5.41) is 24.3. The van der Waals surface area contributed by atoms with Gasteiger partial charge in [-0.2, -0.15) is 5.26 Å². The van der Waals surface area contributed by atoms with E-state index in [0.29, 0.717) is 5.89 Å². The molecule has 1 aromatic carbocycles. The first-order chi connectivity index (χ1) is 10.5. The standard InChI is InChI=1S/C14H11BrN4O2S/c1-8(17)10(6-16)12(20)7-22-14-19-18-13(21-14)9-4-2-3-5-11(9)15/h2-5,10,17H,7H2,1H3. The monoisotopic (exact) mass is 378 g/mol. The lowest BCUT2D eigenvalue weighted by Gasteiger charge is -2.03. The summed E-state index contributed by atoms with van der Waals surface area (Å²) in [6.45, 7) is 1.44. The number of nitrogens with zero attached hydrogens (tertiary/aromatic N) is 3. The molecule has 0 saturated carbocycles. The zero-order valence-corrected chi connectivity index (χ0v) is 13.9. The second kappa shape index (κ2) is 7.33. The molecule has 1 heterocycles. The Morgan fingerprint density at radius 2 is 2.23 bits per heavy atom. The van der Waals surface area contributed by atoms with E-state index >= 15 is 0 Å². The van der Waals surface area contributed by atoms with Crippen LogP contribution >= 0.6 is 27.7 Å². The third-order valence-corrected chi connectivity index (χ3v) is 4.27. The van der Waals surface area contributed by atoms with Gasteiger partial charge in [-0.1, -0.05) is 23.9 Å². The Hall–Kier alpha value is -1.98. The van der Waals surface area contributed by atoms with E-state index in [-0.39, 0.29) is 22.5 Å². The molecule has 22 heavy (non-hydrogen) atoms. The summed E-state index contributed by atoms with van der Waals surface area (Å²) in [5.41, 5.74) is 0.797.